The van der Waals surface area contributed by atoms with Gasteiger partial charge in [-0.1, -0.05) is 13.0 Å². The van der Waals surface area contributed by atoms with Gasteiger partial charge < -0.3 is 10.1 Å². The first kappa shape index (κ1) is 17.9. The highest BCUT2D eigenvalue weighted by atomic mass is 32.1. The van der Waals surface area contributed by atoms with E-state index >= 15 is 0 Å². The van der Waals surface area contributed by atoms with E-state index in [1.54, 1.807) is 31.5 Å². The minimum absolute atomic E-state index is 0.297. The number of thiophene rings is 1. The summed E-state index contributed by atoms with van der Waals surface area (Å²) in [7, 11) is 0. The number of ether oxygens (including phenoxy) is 1. The van der Waals surface area contributed by atoms with Gasteiger partial charge in [0.1, 0.15) is 5.00 Å². The van der Waals surface area contributed by atoms with Gasteiger partial charge in [-0.15, -0.1) is 11.3 Å². The van der Waals surface area contributed by atoms with E-state index in [9.17, 15) is 9.59 Å². The van der Waals surface area contributed by atoms with Crippen LogP contribution in [0.25, 0.3) is 6.08 Å². The third kappa shape index (κ3) is 4.29. The number of hydrogen-bond acceptors (Lipinski definition) is 5. The summed E-state index contributed by atoms with van der Waals surface area (Å²) >= 11 is 1.39. The summed E-state index contributed by atoms with van der Waals surface area (Å²) in [6, 6.07) is 3.65. The zero-order chi connectivity index (χ0) is 17.5. The van der Waals surface area contributed by atoms with Gasteiger partial charge in [0.05, 0.1) is 12.2 Å². The fraction of sp³-hybridized carbons (Fsp3) is 0.278. The molecular weight excluding hydrogens is 324 g/mol. The fourth-order valence-electron chi connectivity index (χ4n) is 2.31. The number of nitrogens with one attached hydrogen (secondary N) is 1. The first-order valence-electron chi connectivity index (χ1n) is 7.75. The van der Waals surface area contributed by atoms with Crippen molar-refractivity contribution in [2.24, 2.45) is 0 Å². The van der Waals surface area contributed by atoms with Gasteiger partial charge in [-0.2, -0.15) is 0 Å². The Morgan fingerprint density at radius 2 is 2.17 bits per heavy atom. The molecular formula is C18H20N2O3S. The average molecular weight is 344 g/mol. The van der Waals surface area contributed by atoms with E-state index in [4.69, 9.17) is 4.74 Å². The van der Waals surface area contributed by atoms with Crippen molar-refractivity contribution in [3.05, 3.63) is 52.2 Å². The number of aromatic nitrogens is 1. The Balaban J connectivity index is 2.21. The van der Waals surface area contributed by atoms with Crippen LogP contribution in [0, 0.1) is 6.92 Å². The van der Waals surface area contributed by atoms with Crippen LogP contribution in [0.15, 0.2) is 30.6 Å². The minimum Gasteiger partial charge on any atom is -0.462 e. The van der Waals surface area contributed by atoms with Crippen LogP contribution in [-0.2, 0) is 16.0 Å². The number of carbonyl (C=O) groups is 2. The molecule has 6 heteroatoms. The van der Waals surface area contributed by atoms with E-state index in [0.29, 0.717) is 23.6 Å². The van der Waals surface area contributed by atoms with Crippen molar-refractivity contribution in [3.8, 4) is 0 Å². The highest BCUT2D eigenvalue weighted by Crippen LogP contribution is 2.34. The Hall–Kier alpha value is -2.47. The molecule has 2 aromatic rings. The second-order valence-electron chi connectivity index (χ2n) is 5.02. The molecule has 1 N–H and O–H groups in total. The molecule has 0 aliphatic rings. The number of aryl methyl sites for hydroxylation is 1. The maximum atomic E-state index is 12.2. The van der Waals surface area contributed by atoms with Crippen LogP contribution in [0.2, 0.25) is 0 Å². The van der Waals surface area contributed by atoms with Crippen molar-refractivity contribution < 1.29 is 14.3 Å². The van der Waals surface area contributed by atoms with Crippen LogP contribution < -0.4 is 5.32 Å². The molecule has 126 valence electrons. The highest BCUT2D eigenvalue weighted by Gasteiger charge is 2.22. The van der Waals surface area contributed by atoms with Crippen molar-refractivity contribution in [3.63, 3.8) is 0 Å². The number of hydrogen-bond donors (Lipinski definition) is 1. The Morgan fingerprint density at radius 1 is 1.38 bits per heavy atom. The zero-order valence-electron chi connectivity index (χ0n) is 14.0. The lowest BCUT2D eigenvalue weighted by molar-refractivity contribution is -0.111. The fourth-order valence-corrected chi connectivity index (χ4v) is 3.45. The molecule has 2 aromatic heterocycles. The molecule has 0 aliphatic heterocycles. The molecule has 0 aromatic carbocycles. The third-order valence-electron chi connectivity index (χ3n) is 3.39. The van der Waals surface area contributed by atoms with Crippen molar-refractivity contribution in [2.75, 3.05) is 11.9 Å². The molecule has 5 nitrogen and oxygen atoms in total. The highest BCUT2D eigenvalue weighted by molar-refractivity contribution is 7.16. The predicted molar refractivity (Wildman–Crippen MR) is 96.3 cm³/mol. The Labute approximate surface area is 145 Å². The van der Waals surface area contributed by atoms with Crippen molar-refractivity contribution in [1.29, 1.82) is 0 Å². The van der Waals surface area contributed by atoms with E-state index in [0.717, 1.165) is 16.0 Å². The van der Waals surface area contributed by atoms with Crippen molar-refractivity contribution in [2.45, 2.75) is 27.2 Å². The molecule has 2 heterocycles. The second-order valence-corrected chi connectivity index (χ2v) is 6.25. The van der Waals surface area contributed by atoms with E-state index in [1.807, 2.05) is 19.9 Å². The average Bonchev–Trinajstić information content (AvgIpc) is 2.89. The summed E-state index contributed by atoms with van der Waals surface area (Å²) in [5.74, 6) is -0.696. The van der Waals surface area contributed by atoms with Crippen molar-refractivity contribution in [1.82, 2.24) is 4.98 Å². The molecule has 0 radical (unpaired) electrons. The monoisotopic (exact) mass is 344 g/mol. The van der Waals surface area contributed by atoms with Crippen LogP contribution >= 0.6 is 11.3 Å². The number of pyridine rings is 1. The van der Waals surface area contributed by atoms with Gasteiger partial charge in [0.25, 0.3) is 0 Å². The molecule has 0 fully saturated rings. The van der Waals surface area contributed by atoms with E-state index in [1.165, 1.54) is 17.4 Å². The lowest BCUT2D eigenvalue weighted by Gasteiger charge is -2.06. The van der Waals surface area contributed by atoms with Gasteiger partial charge in [0.15, 0.2) is 0 Å². The molecule has 2 rings (SSSR count). The van der Waals surface area contributed by atoms with Gasteiger partial charge in [-0.25, -0.2) is 4.79 Å². The zero-order valence-corrected chi connectivity index (χ0v) is 14.8. The van der Waals surface area contributed by atoms with Gasteiger partial charge >= 0.3 is 5.97 Å². The van der Waals surface area contributed by atoms with Gasteiger partial charge in [0.2, 0.25) is 5.91 Å². The molecule has 0 aliphatic carbocycles. The maximum Gasteiger partial charge on any atom is 0.341 e. The van der Waals surface area contributed by atoms with E-state index < -0.39 is 5.97 Å². The lowest BCUT2D eigenvalue weighted by atomic mass is 10.1. The summed E-state index contributed by atoms with van der Waals surface area (Å²) in [5, 5.41) is 3.32. The third-order valence-corrected chi connectivity index (χ3v) is 4.45. The van der Waals surface area contributed by atoms with Gasteiger partial charge in [-0.3, -0.25) is 9.78 Å². The molecule has 0 atom stereocenters. The topological polar surface area (TPSA) is 68.3 Å². The maximum absolute atomic E-state index is 12.2. The normalized spacial score (nSPS) is 10.8. The number of amides is 1. The number of rotatable bonds is 6. The summed E-state index contributed by atoms with van der Waals surface area (Å²) in [5.41, 5.74) is 2.21. The molecule has 0 spiro atoms. The smallest absolute Gasteiger partial charge is 0.341 e. The molecule has 24 heavy (non-hydrogen) atoms. The summed E-state index contributed by atoms with van der Waals surface area (Å²) in [6.07, 6.45) is 7.14. The predicted octanol–water partition coefficient (Wildman–Crippen LogP) is 3.84. The van der Waals surface area contributed by atoms with Crippen LogP contribution in [0.4, 0.5) is 5.00 Å². The number of anilines is 1. The van der Waals surface area contributed by atoms with Gasteiger partial charge in [-0.05, 0) is 43.5 Å². The van der Waals surface area contributed by atoms with Crippen LogP contribution in [0.5, 0.6) is 0 Å². The Bertz CT molecular complexity index is 751. The SMILES string of the molecule is CCOC(=O)c1c(NC(=O)/C=C/c2cccnc2)sc(C)c1CC. The summed E-state index contributed by atoms with van der Waals surface area (Å²) in [4.78, 5) is 29.4. The summed E-state index contributed by atoms with van der Waals surface area (Å²) < 4.78 is 5.13. The van der Waals surface area contributed by atoms with Gasteiger partial charge in [0, 0.05) is 23.3 Å². The molecule has 0 bridgehead atoms. The van der Waals surface area contributed by atoms with E-state index in [-0.39, 0.29) is 5.91 Å². The summed E-state index contributed by atoms with van der Waals surface area (Å²) in [6.45, 7) is 5.97. The standard InChI is InChI=1S/C18H20N2O3S/c1-4-14-12(3)24-17(16(14)18(22)23-5-2)20-15(21)9-8-13-7-6-10-19-11-13/h6-11H,4-5H2,1-3H3,(H,20,21)/b9-8+. The van der Waals surface area contributed by atoms with Crippen LogP contribution in [0.1, 0.15) is 40.2 Å². The van der Waals surface area contributed by atoms with Crippen LogP contribution in [0.3, 0.4) is 0 Å². The Morgan fingerprint density at radius 3 is 2.79 bits per heavy atom. The first-order chi connectivity index (χ1) is 11.6. The quantitative estimate of drug-likeness (QED) is 0.638. The molecule has 1 amide bonds. The molecule has 0 unspecified atom stereocenters. The largest absolute Gasteiger partial charge is 0.462 e. The van der Waals surface area contributed by atoms with Crippen LogP contribution in [-0.4, -0.2) is 23.5 Å². The number of nitrogens with zero attached hydrogens (tertiary/aromatic N) is 1. The lowest BCUT2D eigenvalue weighted by Crippen LogP contribution is -2.13. The number of carbonyl (C=O) groups excluding carboxylic acids is 2. The van der Waals surface area contributed by atoms with E-state index in [2.05, 4.69) is 10.3 Å². The molecule has 0 saturated heterocycles. The second kappa shape index (κ2) is 8.40. The number of esters is 1. The molecule has 0 saturated carbocycles. The minimum atomic E-state index is -0.398. The van der Waals surface area contributed by atoms with Crippen molar-refractivity contribution >= 4 is 34.3 Å². The Kier molecular flexibility index (Phi) is 6.26. The first-order valence-corrected chi connectivity index (χ1v) is 8.56.